The van der Waals surface area contributed by atoms with Crippen LogP contribution < -0.4 is 11.1 Å². The van der Waals surface area contributed by atoms with Gasteiger partial charge in [0.15, 0.2) is 9.84 Å². The van der Waals surface area contributed by atoms with Gasteiger partial charge in [0.25, 0.3) is 0 Å². The molecule has 2 atom stereocenters. The van der Waals surface area contributed by atoms with Crippen molar-refractivity contribution < 1.29 is 13.2 Å². The first-order valence-electron chi connectivity index (χ1n) is 7.52. The summed E-state index contributed by atoms with van der Waals surface area (Å²) in [7, 11) is -2.98. The number of nitrogens with two attached hydrogens (primary N) is 1. The van der Waals surface area contributed by atoms with Crippen molar-refractivity contribution in [3.8, 4) is 0 Å². The van der Waals surface area contributed by atoms with Crippen molar-refractivity contribution in [2.75, 3.05) is 18.1 Å². The predicted molar refractivity (Wildman–Crippen MR) is 81.1 cm³/mol. The largest absolute Gasteiger partial charge is 0.350 e. The van der Waals surface area contributed by atoms with E-state index in [0.29, 0.717) is 25.3 Å². The Morgan fingerprint density at radius 2 is 2.05 bits per heavy atom. The predicted octanol–water partition coefficient (Wildman–Crippen LogP) is 1.23. The molecule has 1 heterocycles. The molecule has 0 spiro atoms. The summed E-state index contributed by atoms with van der Waals surface area (Å²) in [5.74, 6) is 0.695. The molecule has 0 aliphatic carbocycles. The fourth-order valence-electron chi connectivity index (χ4n) is 2.92. The van der Waals surface area contributed by atoms with Crippen molar-refractivity contribution in [3.63, 3.8) is 0 Å². The summed E-state index contributed by atoms with van der Waals surface area (Å²) < 4.78 is 23.0. The van der Waals surface area contributed by atoms with Gasteiger partial charge >= 0.3 is 0 Å². The highest BCUT2D eigenvalue weighted by molar-refractivity contribution is 7.91. The topological polar surface area (TPSA) is 89.3 Å². The highest BCUT2D eigenvalue weighted by Gasteiger charge is 2.39. The summed E-state index contributed by atoms with van der Waals surface area (Å²) in [4.78, 5) is 12.0. The molecule has 20 heavy (non-hydrogen) atoms. The van der Waals surface area contributed by atoms with Crippen LogP contribution in [-0.4, -0.2) is 37.9 Å². The summed E-state index contributed by atoms with van der Waals surface area (Å²) in [5, 5.41) is 2.90. The van der Waals surface area contributed by atoms with Gasteiger partial charge in [-0.3, -0.25) is 4.79 Å². The lowest BCUT2D eigenvalue weighted by Crippen LogP contribution is -2.46. The number of rotatable bonds is 8. The van der Waals surface area contributed by atoms with Crippen LogP contribution in [-0.2, 0) is 14.6 Å². The number of hydrogen-bond donors (Lipinski definition) is 2. The van der Waals surface area contributed by atoms with Crippen molar-refractivity contribution in [2.45, 2.75) is 57.9 Å². The SMILES string of the molecule is CCCC(CCN)CCC(=O)NC1(C)CCS(=O)(=O)C1. The zero-order valence-corrected chi connectivity index (χ0v) is 13.5. The van der Waals surface area contributed by atoms with E-state index in [9.17, 15) is 13.2 Å². The van der Waals surface area contributed by atoms with Gasteiger partial charge in [-0.05, 0) is 38.6 Å². The second-order valence-electron chi connectivity index (χ2n) is 6.22. The highest BCUT2D eigenvalue weighted by Crippen LogP contribution is 2.23. The van der Waals surface area contributed by atoms with Gasteiger partial charge < -0.3 is 11.1 Å². The van der Waals surface area contributed by atoms with Crippen LogP contribution >= 0.6 is 0 Å². The Balaban J connectivity index is 2.40. The molecule has 0 aromatic heterocycles. The van der Waals surface area contributed by atoms with Gasteiger partial charge in [0.2, 0.25) is 5.91 Å². The normalized spacial score (nSPS) is 26.4. The van der Waals surface area contributed by atoms with Crippen LogP contribution in [0, 0.1) is 5.92 Å². The van der Waals surface area contributed by atoms with Crippen molar-refractivity contribution in [1.29, 1.82) is 0 Å². The summed E-state index contributed by atoms with van der Waals surface area (Å²) in [5.41, 5.74) is 5.00. The Hall–Kier alpha value is -0.620. The molecule has 0 bridgehead atoms. The lowest BCUT2D eigenvalue weighted by molar-refractivity contribution is -0.122. The second kappa shape index (κ2) is 7.41. The Morgan fingerprint density at radius 3 is 2.55 bits per heavy atom. The third kappa shape index (κ3) is 5.79. The number of nitrogens with one attached hydrogen (secondary N) is 1. The minimum absolute atomic E-state index is 0.0391. The van der Waals surface area contributed by atoms with E-state index >= 15 is 0 Å². The second-order valence-corrected chi connectivity index (χ2v) is 8.41. The van der Waals surface area contributed by atoms with Crippen molar-refractivity contribution in [1.82, 2.24) is 5.32 Å². The number of carbonyl (C=O) groups is 1. The third-order valence-corrected chi connectivity index (χ3v) is 5.90. The van der Waals surface area contributed by atoms with Crippen LogP contribution in [0.15, 0.2) is 0 Å². The Labute approximate surface area is 122 Å². The molecular weight excluding hydrogens is 276 g/mol. The van der Waals surface area contributed by atoms with Crippen LogP contribution in [0.1, 0.15) is 52.4 Å². The molecule has 3 N–H and O–H groups in total. The van der Waals surface area contributed by atoms with Crippen molar-refractivity contribution in [2.24, 2.45) is 11.7 Å². The van der Waals surface area contributed by atoms with Gasteiger partial charge in [-0.2, -0.15) is 0 Å². The van der Waals surface area contributed by atoms with E-state index in [1.165, 1.54) is 0 Å². The first-order valence-corrected chi connectivity index (χ1v) is 9.34. The molecule has 0 aromatic carbocycles. The van der Waals surface area contributed by atoms with Crippen LogP contribution in [0.4, 0.5) is 0 Å². The molecule has 118 valence electrons. The number of hydrogen-bond acceptors (Lipinski definition) is 4. The molecule has 1 aliphatic rings. The monoisotopic (exact) mass is 304 g/mol. The van der Waals surface area contributed by atoms with Crippen LogP contribution in [0.25, 0.3) is 0 Å². The summed E-state index contributed by atoms with van der Waals surface area (Å²) in [6.45, 7) is 4.61. The van der Waals surface area contributed by atoms with E-state index in [2.05, 4.69) is 12.2 Å². The van der Waals surface area contributed by atoms with Gasteiger partial charge in [-0.15, -0.1) is 0 Å². The van der Waals surface area contributed by atoms with Gasteiger partial charge in [0.1, 0.15) is 0 Å². The lowest BCUT2D eigenvalue weighted by atomic mass is 9.94. The maximum absolute atomic E-state index is 12.0. The van der Waals surface area contributed by atoms with Gasteiger partial charge in [0, 0.05) is 6.42 Å². The quantitative estimate of drug-likeness (QED) is 0.705. The average molecular weight is 304 g/mol. The molecule has 1 aliphatic heterocycles. The minimum atomic E-state index is -2.98. The minimum Gasteiger partial charge on any atom is -0.350 e. The zero-order valence-electron chi connectivity index (χ0n) is 12.7. The molecule has 6 heteroatoms. The molecule has 5 nitrogen and oxygen atoms in total. The molecule has 2 unspecified atom stereocenters. The standard InChI is InChI=1S/C14H28N2O3S/c1-3-4-12(7-9-15)5-6-13(17)16-14(2)8-10-20(18,19)11-14/h12H,3-11,15H2,1-2H3,(H,16,17). The average Bonchev–Trinajstić information content (AvgIpc) is 2.61. The van der Waals surface area contributed by atoms with Crippen LogP contribution in [0.2, 0.25) is 0 Å². The fourth-order valence-corrected chi connectivity index (χ4v) is 5.01. The van der Waals surface area contributed by atoms with E-state index in [1.54, 1.807) is 0 Å². The first kappa shape index (κ1) is 17.4. The van der Waals surface area contributed by atoms with E-state index in [4.69, 9.17) is 5.73 Å². The molecule has 1 amide bonds. The Kier molecular flexibility index (Phi) is 6.45. The Bertz CT molecular complexity index is 416. The van der Waals surface area contributed by atoms with Gasteiger partial charge in [0.05, 0.1) is 17.0 Å². The van der Waals surface area contributed by atoms with E-state index < -0.39 is 15.4 Å². The molecule has 1 saturated heterocycles. The number of amides is 1. The third-order valence-electron chi connectivity index (χ3n) is 4.00. The molecule has 0 aromatic rings. The van der Waals surface area contributed by atoms with E-state index in [0.717, 1.165) is 25.7 Å². The Morgan fingerprint density at radius 1 is 1.35 bits per heavy atom. The summed E-state index contributed by atoms with van der Waals surface area (Å²) in [6.07, 6.45) is 4.95. The highest BCUT2D eigenvalue weighted by atomic mass is 32.2. The van der Waals surface area contributed by atoms with Gasteiger partial charge in [-0.1, -0.05) is 19.8 Å². The summed E-state index contributed by atoms with van der Waals surface area (Å²) in [6, 6.07) is 0. The van der Waals surface area contributed by atoms with E-state index in [-0.39, 0.29) is 17.4 Å². The molecule has 0 radical (unpaired) electrons. The van der Waals surface area contributed by atoms with Crippen LogP contribution in [0.3, 0.4) is 0 Å². The molecule has 0 saturated carbocycles. The maximum atomic E-state index is 12.0. The van der Waals surface area contributed by atoms with Crippen molar-refractivity contribution >= 4 is 15.7 Å². The first-order chi connectivity index (χ1) is 9.30. The summed E-state index contributed by atoms with van der Waals surface area (Å²) >= 11 is 0. The van der Waals surface area contributed by atoms with Crippen molar-refractivity contribution in [3.05, 3.63) is 0 Å². The van der Waals surface area contributed by atoms with Gasteiger partial charge in [-0.25, -0.2) is 8.42 Å². The number of sulfone groups is 1. The smallest absolute Gasteiger partial charge is 0.220 e. The lowest BCUT2D eigenvalue weighted by Gasteiger charge is -2.24. The zero-order chi connectivity index (χ0) is 15.2. The fraction of sp³-hybridized carbons (Fsp3) is 0.929. The van der Waals surface area contributed by atoms with Crippen LogP contribution in [0.5, 0.6) is 0 Å². The molecular formula is C14H28N2O3S. The molecule has 1 fully saturated rings. The number of carbonyl (C=O) groups excluding carboxylic acids is 1. The maximum Gasteiger partial charge on any atom is 0.220 e. The van der Waals surface area contributed by atoms with E-state index in [1.807, 2.05) is 6.92 Å². The molecule has 1 rings (SSSR count).